The maximum Gasteiger partial charge on any atom is 0.292 e. The molecule has 0 bridgehead atoms. The number of likely N-dealkylation sites (tertiary alicyclic amines) is 1. The van der Waals surface area contributed by atoms with E-state index >= 15 is 0 Å². The number of benzene rings is 1. The number of aromatic nitrogens is 1. The maximum absolute atomic E-state index is 12.4. The van der Waals surface area contributed by atoms with Crippen LogP contribution in [-0.4, -0.2) is 48.2 Å². The number of rotatable bonds is 3. The van der Waals surface area contributed by atoms with Gasteiger partial charge in [-0.1, -0.05) is 23.5 Å². The van der Waals surface area contributed by atoms with Gasteiger partial charge in [0.25, 0.3) is 11.1 Å². The zero-order chi connectivity index (χ0) is 17.2. The minimum Gasteiger partial charge on any atom is -0.494 e. The average molecular weight is 360 g/mol. The smallest absolute Gasteiger partial charge is 0.292 e. The summed E-state index contributed by atoms with van der Waals surface area (Å²) in [5.74, 6) is 0.195. The van der Waals surface area contributed by atoms with Crippen molar-refractivity contribution in [3.8, 4) is 5.19 Å². The first-order valence-corrected chi connectivity index (χ1v) is 9.29. The highest BCUT2D eigenvalue weighted by molar-refractivity contribution is 7.20. The lowest BCUT2D eigenvalue weighted by molar-refractivity contribution is -0.134. The second-order valence-corrected chi connectivity index (χ2v) is 7.21. The van der Waals surface area contributed by atoms with Crippen molar-refractivity contribution in [2.45, 2.75) is 25.9 Å². The van der Waals surface area contributed by atoms with Gasteiger partial charge < -0.3 is 19.1 Å². The molecule has 132 valence electrons. The molecule has 4 rings (SSSR count). The highest BCUT2D eigenvalue weighted by atomic mass is 32.1. The van der Waals surface area contributed by atoms with Gasteiger partial charge in [0.15, 0.2) is 0 Å². The summed E-state index contributed by atoms with van der Waals surface area (Å²) in [6, 6.07) is 6.16. The van der Waals surface area contributed by atoms with Crippen molar-refractivity contribution in [1.82, 2.24) is 9.88 Å². The number of para-hydroxylation sites is 1. The molecule has 0 aliphatic carbocycles. The Morgan fingerprint density at radius 1 is 1.32 bits per heavy atom. The number of nitrogens with zero attached hydrogens (tertiary/aromatic N) is 2. The number of piperidine rings is 1. The molecule has 25 heavy (non-hydrogen) atoms. The second-order valence-electron chi connectivity index (χ2n) is 6.21. The maximum atomic E-state index is 12.4. The number of aryl methyl sites for hydroxylation is 1. The van der Waals surface area contributed by atoms with Crippen LogP contribution in [0.25, 0.3) is 10.2 Å². The third-order valence-corrected chi connectivity index (χ3v) is 5.37. The molecule has 1 fully saturated rings. The molecule has 0 saturated carbocycles. The van der Waals surface area contributed by atoms with Gasteiger partial charge in [0.1, 0.15) is 25.6 Å². The molecule has 2 aliphatic heterocycles. The molecule has 6 nitrogen and oxygen atoms in total. The Kier molecular flexibility index (Phi) is 4.48. The number of fused-ring (bicyclic) bond motifs is 1. The zero-order valence-corrected chi connectivity index (χ0v) is 14.9. The topological polar surface area (TPSA) is 60.9 Å². The molecule has 0 atom stereocenters. The first-order valence-electron chi connectivity index (χ1n) is 8.47. The van der Waals surface area contributed by atoms with Crippen LogP contribution in [0.2, 0.25) is 0 Å². The average Bonchev–Trinajstić information content (AvgIpc) is 3.06. The second kappa shape index (κ2) is 6.92. The van der Waals surface area contributed by atoms with Crippen LogP contribution in [0.4, 0.5) is 0 Å². The van der Waals surface area contributed by atoms with Crippen LogP contribution in [0.5, 0.6) is 5.19 Å². The van der Waals surface area contributed by atoms with Crippen molar-refractivity contribution in [1.29, 1.82) is 0 Å². The summed E-state index contributed by atoms with van der Waals surface area (Å²) in [7, 11) is 0. The fourth-order valence-electron chi connectivity index (χ4n) is 3.07. The number of carbonyl (C=O) groups excluding carboxylic acids is 1. The molecule has 1 saturated heterocycles. The molecule has 1 aromatic carbocycles. The molecule has 0 spiro atoms. The Morgan fingerprint density at radius 3 is 2.88 bits per heavy atom. The molecule has 0 radical (unpaired) electrons. The standard InChI is InChI=1S/C18H20N2O4S/c1-12-3-2-4-15-16(12)19-18(25-15)24-13-5-7-20(8-6-13)17(21)14-11-22-9-10-23-14/h2-4,11,13H,5-10H2,1H3. The number of hydrogen-bond donors (Lipinski definition) is 0. The van der Waals surface area contributed by atoms with Gasteiger partial charge in [-0.3, -0.25) is 4.79 Å². The quantitative estimate of drug-likeness (QED) is 0.842. The van der Waals surface area contributed by atoms with Crippen LogP contribution < -0.4 is 4.74 Å². The van der Waals surface area contributed by atoms with E-state index in [-0.39, 0.29) is 12.0 Å². The van der Waals surface area contributed by atoms with Crippen molar-refractivity contribution < 1.29 is 19.0 Å². The molecule has 1 amide bonds. The van der Waals surface area contributed by atoms with E-state index in [1.807, 2.05) is 6.07 Å². The molecule has 1 aromatic heterocycles. The lowest BCUT2D eigenvalue weighted by Gasteiger charge is -2.32. The third kappa shape index (κ3) is 3.42. The lowest BCUT2D eigenvalue weighted by atomic mass is 10.1. The third-order valence-electron chi connectivity index (χ3n) is 4.46. The normalized spacial score (nSPS) is 18.4. The number of hydrogen-bond acceptors (Lipinski definition) is 6. The predicted molar refractivity (Wildman–Crippen MR) is 94.6 cm³/mol. The van der Waals surface area contributed by atoms with Crippen molar-refractivity contribution in [3.63, 3.8) is 0 Å². The predicted octanol–water partition coefficient (Wildman–Crippen LogP) is 2.86. The Morgan fingerprint density at radius 2 is 2.16 bits per heavy atom. The van der Waals surface area contributed by atoms with Crippen LogP contribution in [0.15, 0.2) is 30.2 Å². The number of carbonyl (C=O) groups is 1. The molecule has 7 heteroatoms. The van der Waals surface area contributed by atoms with Gasteiger partial charge in [-0.2, -0.15) is 0 Å². The van der Waals surface area contributed by atoms with Crippen molar-refractivity contribution in [3.05, 3.63) is 35.8 Å². The first-order chi connectivity index (χ1) is 12.2. The van der Waals surface area contributed by atoms with Crippen molar-refractivity contribution in [2.75, 3.05) is 26.3 Å². The van der Waals surface area contributed by atoms with E-state index < -0.39 is 0 Å². The van der Waals surface area contributed by atoms with Crippen molar-refractivity contribution in [2.24, 2.45) is 0 Å². The summed E-state index contributed by atoms with van der Waals surface area (Å²) >= 11 is 1.58. The van der Waals surface area contributed by atoms with E-state index in [1.165, 1.54) is 6.26 Å². The van der Waals surface area contributed by atoms with Gasteiger partial charge in [-0.15, -0.1) is 0 Å². The van der Waals surface area contributed by atoms with Gasteiger partial charge >= 0.3 is 0 Å². The van der Waals surface area contributed by atoms with Crippen LogP contribution in [0, 0.1) is 6.92 Å². The van der Waals surface area contributed by atoms with E-state index in [4.69, 9.17) is 14.2 Å². The fraction of sp³-hybridized carbons (Fsp3) is 0.444. The van der Waals surface area contributed by atoms with Crippen LogP contribution >= 0.6 is 11.3 Å². The summed E-state index contributed by atoms with van der Waals surface area (Å²) in [5, 5.41) is 0.709. The van der Waals surface area contributed by atoms with Gasteiger partial charge in [0.05, 0.1) is 10.2 Å². The van der Waals surface area contributed by atoms with E-state index in [0.29, 0.717) is 37.3 Å². The Hall–Kier alpha value is -2.28. The monoisotopic (exact) mass is 360 g/mol. The van der Waals surface area contributed by atoms with Gasteiger partial charge in [0.2, 0.25) is 5.76 Å². The van der Waals surface area contributed by atoms with E-state index in [9.17, 15) is 4.79 Å². The van der Waals surface area contributed by atoms with Crippen molar-refractivity contribution >= 4 is 27.5 Å². The molecule has 0 N–H and O–H groups in total. The Balaban J connectivity index is 1.36. The van der Waals surface area contributed by atoms with Gasteiger partial charge in [-0.05, 0) is 18.6 Å². The Labute approximate surface area is 150 Å². The van der Waals surface area contributed by atoms with E-state index in [0.717, 1.165) is 28.6 Å². The SMILES string of the molecule is Cc1cccc2sc(OC3CCN(C(=O)C4=COCCO4)CC3)nc12. The first kappa shape index (κ1) is 16.2. The lowest BCUT2D eigenvalue weighted by Crippen LogP contribution is -2.43. The molecule has 0 unspecified atom stereocenters. The number of amides is 1. The molecule has 2 aromatic rings. The summed E-state index contributed by atoms with van der Waals surface area (Å²) in [4.78, 5) is 18.8. The highest BCUT2D eigenvalue weighted by Crippen LogP contribution is 2.31. The Bertz CT molecular complexity index is 809. The van der Waals surface area contributed by atoms with Crippen LogP contribution in [0.1, 0.15) is 18.4 Å². The summed E-state index contributed by atoms with van der Waals surface area (Å²) in [6.45, 7) is 4.27. The molecular weight excluding hydrogens is 340 g/mol. The van der Waals surface area contributed by atoms with Gasteiger partial charge in [-0.25, -0.2) is 4.98 Å². The molecule has 3 heterocycles. The largest absolute Gasteiger partial charge is 0.494 e. The minimum atomic E-state index is -0.103. The summed E-state index contributed by atoms with van der Waals surface area (Å²) in [6.07, 6.45) is 3.07. The summed E-state index contributed by atoms with van der Waals surface area (Å²) in [5.41, 5.74) is 2.17. The minimum absolute atomic E-state index is 0.0856. The summed E-state index contributed by atoms with van der Waals surface area (Å²) < 4.78 is 17.7. The van der Waals surface area contributed by atoms with E-state index in [1.54, 1.807) is 16.2 Å². The number of thiazole rings is 1. The van der Waals surface area contributed by atoms with E-state index in [2.05, 4.69) is 24.0 Å². The molecule has 2 aliphatic rings. The van der Waals surface area contributed by atoms with Gasteiger partial charge in [0, 0.05) is 25.9 Å². The number of ether oxygens (including phenoxy) is 3. The zero-order valence-electron chi connectivity index (χ0n) is 14.1. The van der Waals surface area contributed by atoms with Crippen LogP contribution in [0.3, 0.4) is 0 Å². The highest BCUT2D eigenvalue weighted by Gasteiger charge is 2.28. The fourth-order valence-corrected chi connectivity index (χ4v) is 4.03. The molecular formula is C18H20N2O4S. The van der Waals surface area contributed by atoms with Crippen LogP contribution in [-0.2, 0) is 14.3 Å².